The van der Waals surface area contributed by atoms with E-state index in [9.17, 15) is 4.79 Å². The van der Waals surface area contributed by atoms with Crippen molar-refractivity contribution in [3.8, 4) is 0 Å². The van der Waals surface area contributed by atoms with Gasteiger partial charge in [-0.1, -0.05) is 6.07 Å². The number of aromatic nitrogens is 1. The molecule has 2 aromatic rings. The van der Waals surface area contributed by atoms with Gasteiger partial charge in [-0.2, -0.15) is 0 Å². The Hall–Kier alpha value is -1.84. The van der Waals surface area contributed by atoms with Crippen LogP contribution >= 0.6 is 0 Å². The molecule has 1 aromatic heterocycles. The van der Waals surface area contributed by atoms with Gasteiger partial charge in [-0.3, -0.25) is 0 Å². The Kier molecular flexibility index (Phi) is 1.77. The van der Waals surface area contributed by atoms with E-state index in [1.807, 2.05) is 19.9 Å². The summed E-state index contributed by atoms with van der Waals surface area (Å²) in [6.07, 6.45) is 0. The fourth-order valence-corrected chi connectivity index (χ4v) is 1.47. The van der Waals surface area contributed by atoms with Crippen molar-refractivity contribution in [1.82, 2.24) is 4.98 Å². The molecule has 0 saturated carbocycles. The molecule has 4 nitrogen and oxygen atoms in total. The van der Waals surface area contributed by atoms with Gasteiger partial charge in [-0.05, 0) is 31.0 Å². The molecule has 72 valence electrons. The van der Waals surface area contributed by atoms with E-state index in [1.165, 1.54) is 0 Å². The molecule has 0 bridgehead atoms. The van der Waals surface area contributed by atoms with Crippen molar-refractivity contribution in [1.29, 1.82) is 0 Å². The monoisotopic (exact) mass is 191 g/mol. The van der Waals surface area contributed by atoms with Crippen LogP contribution in [0, 0.1) is 13.8 Å². The molecule has 1 aromatic carbocycles. The number of aromatic carboxylic acids is 1. The predicted octanol–water partition coefficient (Wildman–Crippen LogP) is 2.14. The van der Waals surface area contributed by atoms with Crippen LogP contribution in [0.1, 0.15) is 21.8 Å². The van der Waals surface area contributed by atoms with Crippen molar-refractivity contribution < 1.29 is 14.3 Å². The van der Waals surface area contributed by atoms with Gasteiger partial charge in [0.2, 0.25) is 0 Å². The summed E-state index contributed by atoms with van der Waals surface area (Å²) < 4.78 is 5.10. The Morgan fingerprint density at radius 3 is 2.79 bits per heavy atom. The molecule has 2 rings (SSSR count). The maximum absolute atomic E-state index is 10.6. The van der Waals surface area contributed by atoms with Crippen molar-refractivity contribution in [3.05, 3.63) is 29.2 Å². The highest BCUT2D eigenvalue weighted by molar-refractivity contribution is 5.87. The molecule has 0 radical (unpaired) electrons. The van der Waals surface area contributed by atoms with Gasteiger partial charge >= 0.3 is 11.9 Å². The maximum atomic E-state index is 10.6. The van der Waals surface area contributed by atoms with E-state index in [4.69, 9.17) is 9.52 Å². The zero-order valence-electron chi connectivity index (χ0n) is 7.87. The van der Waals surface area contributed by atoms with E-state index >= 15 is 0 Å². The lowest BCUT2D eigenvalue weighted by Gasteiger charge is -1.94. The summed E-state index contributed by atoms with van der Waals surface area (Å²) in [5, 5.41) is 8.69. The largest absolute Gasteiger partial charge is 0.474 e. The van der Waals surface area contributed by atoms with Crippen LogP contribution in [0.15, 0.2) is 16.5 Å². The lowest BCUT2D eigenvalue weighted by atomic mass is 10.1. The van der Waals surface area contributed by atoms with Crippen molar-refractivity contribution in [2.45, 2.75) is 13.8 Å². The molecule has 1 N–H and O–H groups in total. The standard InChI is InChI=1S/C10H9NO3/c1-5-3-6(2)8-7(4-5)11-9(14-8)10(12)13/h3-4H,1-2H3,(H,12,13). The molecule has 0 saturated heterocycles. The lowest BCUT2D eigenvalue weighted by molar-refractivity contribution is 0.0656. The molecule has 0 amide bonds. The summed E-state index contributed by atoms with van der Waals surface area (Å²) in [6, 6.07) is 3.73. The molecule has 0 aliphatic heterocycles. The molecule has 14 heavy (non-hydrogen) atoms. The number of benzene rings is 1. The first-order chi connectivity index (χ1) is 6.58. The summed E-state index contributed by atoms with van der Waals surface area (Å²) in [6.45, 7) is 3.80. The minimum Gasteiger partial charge on any atom is -0.474 e. The number of aryl methyl sites for hydroxylation is 2. The number of fused-ring (bicyclic) bond motifs is 1. The highest BCUT2D eigenvalue weighted by Gasteiger charge is 2.13. The third-order valence-electron chi connectivity index (χ3n) is 2.00. The summed E-state index contributed by atoms with van der Waals surface area (Å²) in [5.74, 6) is -1.40. The summed E-state index contributed by atoms with van der Waals surface area (Å²) >= 11 is 0. The first-order valence-electron chi connectivity index (χ1n) is 4.19. The third kappa shape index (κ3) is 1.25. The van der Waals surface area contributed by atoms with Crippen molar-refractivity contribution in [3.63, 3.8) is 0 Å². The summed E-state index contributed by atoms with van der Waals surface area (Å²) in [4.78, 5) is 14.5. The van der Waals surface area contributed by atoms with Gasteiger partial charge in [0.25, 0.3) is 0 Å². The number of nitrogens with zero attached hydrogens (tertiary/aromatic N) is 1. The molecule has 1 heterocycles. The molecule has 0 aliphatic carbocycles. The van der Waals surface area contributed by atoms with Crippen molar-refractivity contribution in [2.75, 3.05) is 0 Å². The number of hydrogen-bond acceptors (Lipinski definition) is 3. The van der Waals surface area contributed by atoms with Gasteiger partial charge in [0.15, 0.2) is 5.58 Å². The quantitative estimate of drug-likeness (QED) is 0.750. The van der Waals surface area contributed by atoms with Crippen molar-refractivity contribution >= 4 is 17.1 Å². The number of hydrogen-bond donors (Lipinski definition) is 1. The van der Waals surface area contributed by atoms with Crippen LogP contribution in [0.25, 0.3) is 11.1 Å². The Morgan fingerprint density at radius 1 is 1.43 bits per heavy atom. The van der Waals surface area contributed by atoms with E-state index in [0.717, 1.165) is 11.1 Å². The molecule has 0 unspecified atom stereocenters. The number of oxazole rings is 1. The first-order valence-corrected chi connectivity index (χ1v) is 4.19. The van der Waals surface area contributed by atoms with E-state index in [1.54, 1.807) is 6.07 Å². The average Bonchev–Trinajstić information content (AvgIpc) is 2.47. The number of carboxylic acid groups (broad SMARTS) is 1. The average molecular weight is 191 g/mol. The number of carboxylic acids is 1. The molecule has 4 heteroatoms. The van der Waals surface area contributed by atoms with Gasteiger partial charge in [0.05, 0.1) is 0 Å². The first kappa shape index (κ1) is 8.74. The second kappa shape index (κ2) is 2.83. The van der Waals surface area contributed by atoms with Gasteiger partial charge in [0, 0.05) is 0 Å². The fraction of sp³-hybridized carbons (Fsp3) is 0.200. The van der Waals surface area contributed by atoms with Crippen LogP contribution in [0.4, 0.5) is 0 Å². The molecule has 0 fully saturated rings. The Morgan fingerprint density at radius 2 is 2.14 bits per heavy atom. The van der Waals surface area contributed by atoms with E-state index < -0.39 is 5.97 Å². The minimum atomic E-state index is -1.14. The molecule has 0 aliphatic rings. The molecular formula is C10H9NO3. The van der Waals surface area contributed by atoms with Gasteiger partial charge in [-0.15, -0.1) is 0 Å². The zero-order valence-corrected chi connectivity index (χ0v) is 7.87. The second-order valence-corrected chi connectivity index (χ2v) is 3.25. The topological polar surface area (TPSA) is 63.3 Å². The second-order valence-electron chi connectivity index (χ2n) is 3.25. The van der Waals surface area contributed by atoms with Crippen molar-refractivity contribution in [2.24, 2.45) is 0 Å². The molecule has 0 atom stereocenters. The van der Waals surface area contributed by atoms with Gasteiger partial charge < -0.3 is 9.52 Å². The Bertz CT molecular complexity index is 513. The maximum Gasteiger partial charge on any atom is 0.392 e. The summed E-state index contributed by atoms with van der Waals surface area (Å²) in [5.41, 5.74) is 3.09. The fourth-order valence-electron chi connectivity index (χ4n) is 1.47. The van der Waals surface area contributed by atoms with Gasteiger partial charge in [-0.25, -0.2) is 9.78 Å². The highest BCUT2D eigenvalue weighted by Crippen LogP contribution is 2.21. The smallest absolute Gasteiger partial charge is 0.392 e. The Labute approximate surface area is 80.2 Å². The zero-order chi connectivity index (χ0) is 10.3. The van der Waals surface area contributed by atoms with Crippen LogP contribution in [-0.2, 0) is 0 Å². The molecule has 0 spiro atoms. The van der Waals surface area contributed by atoms with Crippen LogP contribution < -0.4 is 0 Å². The highest BCUT2D eigenvalue weighted by atomic mass is 16.4. The summed E-state index contributed by atoms with van der Waals surface area (Å²) in [7, 11) is 0. The van der Waals surface area contributed by atoms with Crippen LogP contribution in [0.3, 0.4) is 0 Å². The van der Waals surface area contributed by atoms with E-state index in [2.05, 4.69) is 4.98 Å². The normalized spacial score (nSPS) is 10.7. The third-order valence-corrected chi connectivity index (χ3v) is 2.00. The lowest BCUT2D eigenvalue weighted by Crippen LogP contribution is -1.94. The number of carbonyl (C=O) groups is 1. The van der Waals surface area contributed by atoms with Gasteiger partial charge in [0.1, 0.15) is 5.52 Å². The van der Waals surface area contributed by atoms with E-state index in [-0.39, 0.29) is 5.89 Å². The van der Waals surface area contributed by atoms with Crippen LogP contribution in [0.5, 0.6) is 0 Å². The van der Waals surface area contributed by atoms with Crippen LogP contribution in [0.2, 0.25) is 0 Å². The SMILES string of the molecule is Cc1cc(C)c2oc(C(=O)O)nc2c1. The van der Waals surface area contributed by atoms with E-state index in [0.29, 0.717) is 11.1 Å². The molecular weight excluding hydrogens is 182 g/mol. The minimum absolute atomic E-state index is 0.256. The predicted molar refractivity (Wildman–Crippen MR) is 50.4 cm³/mol. The Balaban J connectivity index is 2.76. The van der Waals surface area contributed by atoms with Crippen LogP contribution in [-0.4, -0.2) is 16.1 Å². The number of rotatable bonds is 1.